The molecule has 1 heterocycles. The number of benzene rings is 1. The van der Waals surface area contributed by atoms with Crippen LogP contribution in [0, 0.1) is 0 Å². The van der Waals surface area contributed by atoms with Gasteiger partial charge < -0.3 is 0 Å². The summed E-state index contributed by atoms with van der Waals surface area (Å²) in [4.78, 5) is 30.9. The van der Waals surface area contributed by atoms with Crippen LogP contribution in [0.4, 0.5) is 10.7 Å². The van der Waals surface area contributed by atoms with E-state index >= 15 is 0 Å². The summed E-state index contributed by atoms with van der Waals surface area (Å²) >= 11 is 11.5. The van der Waals surface area contributed by atoms with Crippen LogP contribution in [-0.4, -0.2) is 21.9 Å². The third-order valence-electron chi connectivity index (χ3n) is 2.19. The number of rotatable bonds is 2. The largest absolute Gasteiger partial charge is 0.328 e. The summed E-state index contributed by atoms with van der Waals surface area (Å²) in [7, 11) is 0. The van der Waals surface area contributed by atoms with E-state index in [0.717, 1.165) is 0 Å². The minimum absolute atomic E-state index is 0.0267. The van der Waals surface area contributed by atoms with Crippen LogP contribution in [0.2, 0.25) is 10.0 Å². The molecule has 0 unspecified atom stereocenters. The molecule has 0 saturated carbocycles. The molecule has 0 aliphatic rings. The van der Waals surface area contributed by atoms with Crippen LogP contribution in [0.25, 0.3) is 0 Å². The summed E-state index contributed by atoms with van der Waals surface area (Å²) in [6.45, 7) is 0. The number of imide groups is 1. The molecule has 0 atom stereocenters. The number of hydrogen-bond donors (Lipinski definition) is 2. The maximum Gasteiger partial charge on any atom is 0.328 e. The molecule has 102 valence electrons. The van der Waals surface area contributed by atoms with Crippen molar-refractivity contribution in [1.82, 2.24) is 15.3 Å². The molecule has 0 radical (unpaired) electrons. The number of carbonyl (C=O) groups excluding carboxylic acids is 2. The van der Waals surface area contributed by atoms with Crippen LogP contribution in [-0.2, 0) is 0 Å². The van der Waals surface area contributed by atoms with E-state index in [2.05, 4.69) is 20.6 Å². The second-order valence-corrected chi connectivity index (χ2v) is 4.46. The second kappa shape index (κ2) is 6.31. The summed E-state index contributed by atoms with van der Waals surface area (Å²) in [5, 5.41) is 4.99. The van der Waals surface area contributed by atoms with Crippen molar-refractivity contribution in [2.45, 2.75) is 0 Å². The highest BCUT2D eigenvalue weighted by molar-refractivity contribution is 6.34. The van der Waals surface area contributed by atoms with Crippen LogP contribution in [0.1, 0.15) is 10.4 Å². The minimum atomic E-state index is -0.766. The van der Waals surface area contributed by atoms with Crippen molar-refractivity contribution in [2.24, 2.45) is 0 Å². The van der Waals surface area contributed by atoms with Gasteiger partial charge in [0.05, 0.1) is 28.0 Å². The number of carbonyl (C=O) groups is 2. The van der Waals surface area contributed by atoms with E-state index in [4.69, 9.17) is 23.2 Å². The van der Waals surface area contributed by atoms with E-state index in [-0.39, 0.29) is 16.5 Å². The molecule has 0 fully saturated rings. The van der Waals surface area contributed by atoms with Crippen LogP contribution >= 0.6 is 23.2 Å². The fourth-order valence-electron chi connectivity index (χ4n) is 1.33. The first-order chi connectivity index (χ1) is 9.56. The lowest BCUT2D eigenvalue weighted by Crippen LogP contribution is -2.35. The number of urea groups is 1. The number of anilines is 1. The molecule has 2 N–H and O–H groups in total. The van der Waals surface area contributed by atoms with Gasteiger partial charge in [-0.15, -0.1) is 0 Å². The Bertz CT molecular complexity index is 646. The molecular formula is C12H8Cl2N4O2. The molecular weight excluding hydrogens is 303 g/mol. The Morgan fingerprint density at radius 2 is 1.70 bits per heavy atom. The first-order valence-corrected chi connectivity index (χ1v) is 6.16. The van der Waals surface area contributed by atoms with E-state index in [1.807, 2.05) is 0 Å². The zero-order valence-electron chi connectivity index (χ0n) is 9.93. The van der Waals surface area contributed by atoms with Crippen molar-refractivity contribution in [3.63, 3.8) is 0 Å². The topological polar surface area (TPSA) is 84.0 Å². The van der Waals surface area contributed by atoms with Crippen molar-refractivity contribution in [1.29, 1.82) is 0 Å². The smallest absolute Gasteiger partial charge is 0.276 e. The van der Waals surface area contributed by atoms with Gasteiger partial charge in [-0.25, -0.2) is 14.8 Å². The van der Waals surface area contributed by atoms with Gasteiger partial charge in [0.1, 0.15) is 0 Å². The molecule has 0 saturated heterocycles. The normalized spacial score (nSPS) is 9.90. The third-order valence-corrected chi connectivity index (χ3v) is 2.72. The zero-order chi connectivity index (χ0) is 14.5. The molecule has 6 nitrogen and oxygen atoms in total. The highest BCUT2D eigenvalue weighted by atomic mass is 35.5. The van der Waals surface area contributed by atoms with E-state index in [1.54, 1.807) is 18.2 Å². The Morgan fingerprint density at radius 3 is 2.35 bits per heavy atom. The lowest BCUT2D eigenvalue weighted by Gasteiger charge is -2.06. The van der Waals surface area contributed by atoms with Gasteiger partial charge in [0.25, 0.3) is 5.91 Å². The summed E-state index contributed by atoms with van der Waals surface area (Å²) < 4.78 is 0. The summed E-state index contributed by atoms with van der Waals surface area (Å²) in [5.74, 6) is -0.596. The predicted molar refractivity (Wildman–Crippen MR) is 75.0 cm³/mol. The average molecular weight is 311 g/mol. The molecule has 0 bridgehead atoms. The van der Waals surface area contributed by atoms with E-state index in [1.165, 1.54) is 18.5 Å². The van der Waals surface area contributed by atoms with E-state index < -0.39 is 11.9 Å². The molecule has 3 amide bonds. The highest BCUT2D eigenvalue weighted by Crippen LogP contribution is 2.14. The predicted octanol–water partition coefficient (Wildman–Crippen LogP) is 2.75. The van der Waals surface area contributed by atoms with Gasteiger partial charge in [-0.2, -0.15) is 0 Å². The molecule has 0 aliphatic heterocycles. The van der Waals surface area contributed by atoms with Crippen molar-refractivity contribution >= 4 is 41.1 Å². The maximum atomic E-state index is 11.8. The molecule has 8 heteroatoms. The number of halogens is 2. The molecule has 1 aromatic heterocycles. The highest BCUT2D eigenvalue weighted by Gasteiger charge is 2.13. The number of aromatic nitrogens is 2. The van der Waals surface area contributed by atoms with Gasteiger partial charge in [-0.05, 0) is 12.1 Å². The fraction of sp³-hybridized carbons (Fsp3) is 0. The summed E-state index contributed by atoms with van der Waals surface area (Å²) in [5.41, 5.74) is 0.196. The van der Waals surface area contributed by atoms with E-state index in [9.17, 15) is 9.59 Å². The fourth-order valence-corrected chi connectivity index (χ4v) is 1.64. The monoisotopic (exact) mass is 310 g/mol. The molecule has 20 heavy (non-hydrogen) atoms. The number of nitrogens with one attached hydrogen (secondary N) is 2. The molecule has 1 aromatic carbocycles. The molecule has 2 rings (SSSR count). The standard InChI is InChI=1S/C12H8Cl2N4O2/c13-7-5-15-11(16-6-7)18-12(20)17-10(19)8-3-1-2-4-9(8)14/h1-6H,(H2,15,16,17,18,19,20). The molecule has 0 aliphatic carbocycles. The van der Waals surface area contributed by atoms with Crippen LogP contribution in [0.3, 0.4) is 0 Å². The number of amides is 3. The Balaban J connectivity index is 2.00. The lowest BCUT2D eigenvalue weighted by molar-refractivity contribution is 0.0967. The Kier molecular flexibility index (Phi) is 4.49. The average Bonchev–Trinajstić information content (AvgIpc) is 2.41. The SMILES string of the molecule is O=C(NC(=O)c1ccccc1Cl)Nc1ncc(Cl)cn1. The van der Waals surface area contributed by atoms with Gasteiger partial charge in [0.2, 0.25) is 5.95 Å². The van der Waals surface area contributed by atoms with Gasteiger partial charge in [-0.1, -0.05) is 35.3 Å². The summed E-state index contributed by atoms with van der Waals surface area (Å²) in [6, 6.07) is 5.61. The van der Waals surface area contributed by atoms with Crippen molar-refractivity contribution in [2.75, 3.05) is 5.32 Å². The van der Waals surface area contributed by atoms with Gasteiger partial charge in [-0.3, -0.25) is 15.4 Å². The third kappa shape index (κ3) is 3.66. The Morgan fingerprint density at radius 1 is 1.05 bits per heavy atom. The number of nitrogens with zero attached hydrogens (tertiary/aromatic N) is 2. The number of hydrogen-bond acceptors (Lipinski definition) is 4. The van der Waals surface area contributed by atoms with Crippen LogP contribution in [0.5, 0.6) is 0 Å². The van der Waals surface area contributed by atoms with Crippen molar-refractivity contribution in [3.05, 3.63) is 52.3 Å². The first-order valence-electron chi connectivity index (χ1n) is 5.40. The van der Waals surface area contributed by atoms with Crippen molar-refractivity contribution < 1.29 is 9.59 Å². The minimum Gasteiger partial charge on any atom is -0.276 e. The Labute approximate surface area is 124 Å². The Hall–Kier alpha value is -2.18. The van der Waals surface area contributed by atoms with Crippen molar-refractivity contribution in [3.8, 4) is 0 Å². The maximum absolute atomic E-state index is 11.8. The second-order valence-electron chi connectivity index (χ2n) is 3.61. The summed E-state index contributed by atoms with van der Waals surface area (Å²) in [6.07, 6.45) is 2.64. The van der Waals surface area contributed by atoms with Crippen LogP contribution in [0.15, 0.2) is 36.7 Å². The lowest BCUT2D eigenvalue weighted by atomic mass is 10.2. The first kappa shape index (κ1) is 14.2. The quantitative estimate of drug-likeness (QED) is 0.893. The van der Waals surface area contributed by atoms with Crippen LogP contribution < -0.4 is 10.6 Å². The zero-order valence-corrected chi connectivity index (χ0v) is 11.4. The molecule has 0 spiro atoms. The molecule has 2 aromatic rings. The van der Waals surface area contributed by atoms with Gasteiger partial charge in [0.15, 0.2) is 0 Å². The van der Waals surface area contributed by atoms with E-state index in [0.29, 0.717) is 5.02 Å². The van der Waals surface area contributed by atoms with Gasteiger partial charge in [0, 0.05) is 0 Å². The van der Waals surface area contributed by atoms with Gasteiger partial charge >= 0.3 is 6.03 Å².